The number of piperidine rings is 1. The minimum atomic E-state index is 0.594. The van der Waals surface area contributed by atoms with E-state index in [0.29, 0.717) is 12.0 Å². The molecule has 1 N–H and O–H groups in total. The number of nitrogens with zero attached hydrogens (tertiary/aromatic N) is 1. The van der Waals surface area contributed by atoms with Crippen molar-refractivity contribution in [3.05, 3.63) is 28.2 Å². The molecule has 90 valence electrons. The van der Waals surface area contributed by atoms with Crippen molar-refractivity contribution in [3.63, 3.8) is 0 Å². The Morgan fingerprint density at radius 2 is 2.35 bits per heavy atom. The molecule has 2 unspecified atom stereocenters. The minimum absolute atomic E-state index is 0.594. The summed E-state index contributed by atoms with van der Waals surface area (Å²) in [7, 11) is 0. The molecule has 1 aromatic heterocycles. The summed E-state index contributed by atoms with van der Waals surface area (Å²) in [6.45, 7) is 3.34. The molecule has 17 heavy (non-hydrogen) atoms. The van der Waals surface area contributed by atoms with Crippen LogP contribution < -0.4 is 5.32 Å². The lowest BCUT2D eigenvalue weighted by atomic mass is 9.94. The van der Waals surface area contributed by atoms with E-state index in [-0.39, 0.29) is 0 Å². The van der Waals surface area contributed by atoms with Crippen LogP contribution in [0.15, 0.2) is 18.2 Å². The zero-order valence-electron chi connectivity index (χ0n) is 9.74. The van der Waals surface area contributed by atoms with Gasteiger partial charge in [-0.3, -0.25) is 0 Å². The number of aromatic nitrogens is 1. The summed E-state index contributed by atoms with van der Waals surface area (Å²) in [5.41, 5.74) is 1.05. The molecule has 0 bridgehead atoms. The average Bonchev–Trinajstić information content (AvgIpc) is 2.74. The van der Waals surface area contributed by atoms with Crippen LogP contribution in [0.4, 0.5) is 0 Å². The molecule has 1 aliphatic heterocycles. The van der Waals surface area contributed by atoms with Gasteiger partial charge in [-0.15, -0.1) is 11.3 Å². The van der Waals surface area contributed by atoms with Crippen molar-refractivity contribution in [2.75, 3.05) is 6.54 Å². The zero-order valence-corrected chi connectivity index (χ0v) is 11.3. The monoisotopic (exact) mass is 266 g/mol. The molecular formula is C13H15ClN2S. The van der Waals surface area contributed by atoms with Crippen LogP contribution in [0.3, 0.4) is 0 Å². The van der Waals surface area contributed by atoms with Crippen LogP contribution in [0.25, 0.3) is 10.2 Å². The maximum absolute atomic E-state index is 6.20. The van der Waals surface area contributed by atoms with Crippen LogP contribution >= 0.6 is 22.9 Å². The first kappa shape index (κ1) is 11.5. The van der Waals surface area contributed by atoms with Gasteiger partial charge in [0, 0.05) is 12.0 Å². The van der Waals surface area contributed by atoms with Crippen LogP contribution in [0.1, 0.15) is 30.7 Å². The third-order valence-corrected chi connectivity index (χ3v) is 5.05. The van der Waals surface area contributed by atoms with Gasteiger partial charge >= 0.3 is 0 Å². The number of hydrogen-bond acceptors (Lipinski definition) is 3. The topological polar surface area (TPSA) is 24.9 Å². The third kappa shape index (κ3) is 2.19. The molecular weight excluding hydrogens is 252 g/mol. The molecule has 2 atom stereocenters. The molecule has 1 aromatic carbocycles. The Bertz CT molecular complexity index is 537. The lowest BCUT2D eigenvalue weighted by Gasteiger charge is -2.26. The predicted octanol–water partition coefficient (Wildman–Crippen LogP) is 3.81. The quantitative estimate of drug-likeness (QED) is 0.849. The summed E-state index contributed by atoms with van der Waals surface area (Å²) in [6.07, 6.45) is 2.36. The van der Waals surface area contributed by atoms with E-state index in [0.717, 1.165) is 21.8 Å². The molecule has 0 saturated carbocycles. The molecule has 3 rings (SSSR count). The highest BCUT2D eigenvalue weighted by atomic mass is 35.5. The highest BCUT2D eigenvalue weighted by molar-refractivity contribution is 7.19. The fourth-order valence-electron chi connectivity index (χ4n) is 2.46. The summed E-state index contributed by atoms with van der Waals surface area (Å²) in [4.78, 5) is 4.74. The highest BCUT2D eigenvalue weighted by Gasteiger charge is 2.23. The van der Waals surface area contributed by atoms with Crippen molar-refractivity contribution in [2.24, 2.45) is 0 Å². The van der Waals surface area contributed by atoms with E-state index < -0.39 is 0 Å². The molecule has 0 aliphatic carbocycles. The summed E-state index contributed by atoms with van der Waals surface area (Å²) >= 11 is 7.96. The maximum Gasteiger partial charge on any atom is 0.0971 e. The van der Waals surface area contributed by atoms with E-state index in [1.165, 1.54) is 17.8 Å². The van der Waals surface area contributed by atoms with Gasteiger partial charge in [-0.1, -0.05) is 17.7 Å². The van der Waals surface area contributed by atoms with Gasteiger partial charge in [0.15, 0.2) is 0 Å². The number of benzene rings is 1. The maximum atomic E-state index is 6.20. The molecule has 2 aromatic rings. The van der Waals surface area contributed by atoms with Crippen molar-refractivity contribution < 1.29 is 0 Å². The van der Waals surface area contributed by atoms with Crippen LogP contribution in [0.5, 0.6) is 0 Å². The van der Waals surface area contributed by atoms with E-state index in [2.05, 4.69) is 12.2 Å². The van der Waals surface area contributed by atoms with E-state index in [1.807, 2.05) is 18.2 Å². The smallest absolute Gasteiger partial charge is 0.0971 e. The lowest BCUT2D eigenvalue weighted by molar-refractivity contribution is 0.381. The Morgan fingerprint density at radius 3 is 3.12 bits per heavy atom. The van der Waals surface area contributed by atoms with E-state index in [9.17, 15) is 0 Å². The van der Waals surface area contributed by atoms with Gasteiger partial charge in [0.05, 0.1) is 20.2 Å². The SMILES string of the molecule is CC1CC(c2nc3cccc(Cl)c3s2)CCN1. The molecule has 0 radical (unpaired) electrons. The van der Waals surface area contributed by atoms with Crippen LogP contribution in [-0.2, 0) is 0 Å². The normalized spacial score (nSPS) is 25.3. The van der Waals surface area contributed by atoms with Gasteiger partial charge in [0.2, 0.25) is 0 Å². The van der Waals surface area contributed by atoms with Crippen molar-refractivity contribution in [1.82, 2.24) is 10.3 Å². The van der Waals surface area contributed by atoms with Crippen LogP contribution in [0.2, 0.25) is 5.02 Å². The molecule has 0 spiro atoms. The molecule has 1 fully saturated rings. The Balaban J connectivity index is 1.97. The summed E-state index contributed by atoms with van der Waals surface area (Å²) in [6, 6.07) is 6.55. The number of hydrogen-bond donors (Lipinski definition) is 1. The van der Waals surface area contributed by atoms with Crippen LogP contribution in [-0.4, -0.2) is 17.6 Å². The predicted molar refractivity (Wildman–Crippen MR) is 74.1 cm³/mol. The van der Waals surface area contributed by atoms with Gasteiger partial charge in [0.25, 0.3) is 0 Å². The van der Waals surface area contributed by atoms with Gasteiger partial charge in [0.1, 0.15) is 0 Å². The third-order valence-electron chi connectivity index (χ3n) is 3.36. The molecule has 2 nitrogen and oxygen atoms in total. The number of nitrogens with one attached hydrogen (secondary N) is 1. The molecule has 0 amide bonds. The van der Waals surface area contributed by atoms with Crippen molar-refractivity contribution in [3.8, 4) is 0 Å². The van der Waals surface area contributed by atoms with E-state index in [1.54, 1.807) is 11.3 Å². The minimum Gasteiger partial charge on any atom is -0.314 e. The van der Waals surface area contributed by atoms with Crippen LogP contribution in [0, 0.1) is 0 Å². The molecule has 1 aliphatic rings. The number of fused-ring (bicyclic) bond motifs is 1. The van der Waals surface area contributed by atoms with E-state index >= 15 is 0 Å². The molecule has 2 heterocycles. The Kier molecular flexibility index (Phi) is 3.07. The Labute approximate surface area is 110 Å². The fourth-order valence-corrected chi connectivity index (χ4v) is 3.87. The van der Waals surface area contributed by atoms with E-state index in [4.69, 9.17) is 16.6 Å². The first-order valence-corrected chi connectivity index (χ1v) is 7.22. The standard InChI is InChI=1S/C13H15ClN2S/c1-8-7-9(5-6-15-8)13-16-11-4-2-3-10(14)12(11)17-13/h2-4,8-9,15H,5-7H2,1H3. The second-order valence-electron chi connectivity index (χ2n) is 4.72. The molecule has 4 heteroatoms. The Morgan fingerprint density at radius 1 is 1.47 bits per heavy atom. The van der Waals surface area contributed by atoms with Crippen molar-refractivity contribution in [1.29, 1.82) is 0 Å². The average molecular weight is 267 g/mol. The number of halogens is 1. The largest absolute Gasteiger partial charge is 0.314 e. The lowest BCUT2D eigenvalue weighted by Crippen LogP contribution is -2.34. The fraction of sp³-hybridized carbons (Fsp3) is 0.462. The first-order chi connectivity index (χ1) is 8.24. The van der Waals surface area contributed by atoms with Gasteiger partial charge < -0.3 is 5.32 Å². The molecule has 1 saturated heterocycles. The summed E-state index contributed by atoms with van der Waals surface area (Å²) in [5, 5.41) is 5.56. The van der Waals surface area contributed by atoms with Gasteiger partial charge in [-0.25, -0.2) is 4.98 Å². The van der Waals surface area contributed by atoms with Crippen molar-refractivity contribution in [2.45, 2.75) is 31.7 Å². The van der Waals surface area contributed by atoms with Crippen molar-refractivity contribution >= 4 is 33.2 Å². The van der Waals surface area contributed by atoms with Gasteiger partial charge in [-0.05, 0) is 38.4 Å². The second-order valence-corrected chi connectivity index (χ2v) is 6.15. The second kappa shape index (κ2) is 4.56. The Hall–Kier alpha value is -0.640. The summed E-state index contributed by atoms with van der Waals surface area (Å²) in [5.74, 6) is 0.597. The highest BCUT2D eigenvalue weighted by Crippen LogP contribution is 2.36. The first-order valence-electron chi connectivity index (χ1n) is 6.02. The number of thiazole rings is 1. The zero-order chi connectivity index (χ0) is 11.8. The number of rotatable bonds is 1. The summed E-state index contributed by atoms with van der Waals surface area (Å²) < 4.78 is 1.13. The van der Waals surface area contributed by atoms with Gasteiger partial charge in [-0.2, -0.15) is 0 Å².